The summed E-state index contributed by atoms with van der Waals surface area (Å²) in [6, 6.07) is 9.56. The minimum atomic E-state index is -0.488. The topological polar surface area (TPSA) is 64.4 Å². The molecule has 2 aliphatic rings. The zero-order valence-electron chi connectivity index (χ0n) is 11.6. The van der Waals surface area contributed by atoms with Crippen molar-refractivity contribution < 1.29 is 9.53 Å². The SMILES string of the molecule is NC(Cc1ccccc1)C(=O)NC1CCOC1C1CC1. The molecule has 3 unspecified atom stereocenters. The highest BCUT2D eigenvalue weighted by molar-refractivity contribution is 5.82. The third-order valence-electron chi connectivity index (χ3n) is 4.19. The van der Waals surface area contributed by atoms with Gasteiger partial charge in [0.15, 0.2) is 0 Å². The van der Waals surface area contributed by atoms with Crippen molar-refractivity contribution in [3.8, 4) is 0 Å². The van der Waals surface area contributed by atoms with Gasteiger partial charge in [-0.2, -0.15) is 0 Å². The van der Waals surface area contributed by atoms with Crippen molar-refractivity contribution in [2.75, 3.05) is 6.61 Å². The summed E-state index contributed by atoms with van der Waals surface area (Å²) in [5, 5.41) is 3.08. The number of benzene rings is 1. The van der Waals surface area contributed by atoms with Crippen molar-refractivity contribution in [2.45, 2.75) is 43.9 Å². The summed E-state index contributed by atoms with van der Waals surface area (Å²) in [6.45, 7) is 0.750. The van der Waals surface area contributed by atoms with Gasteiger partial charge in [-0.05, 0) is 37.2 Å². The Morgan fingerprint density at radius 2 is 2.05 bits per heavy atom. The van der Waals surface area contributed by atoms with E-state index in [9.17, 15) is 4.79 Å². The van der Waals surface area contributed by atoms with Crippen LogP contribution in [0.3, 0.4) is 0 Å². The van der Waals surface area contributed by atoms with Gasteiger partial charge in [0, 0.05) is 6.61 Å². The monoisotopic (exact) mass is 274 g/mol. The van der Waals surface area contributed by atoms with Crippen molar-refractivity contribution in [3.63, 3.8) is 0 Å². The molecule has 1 aromatic rings. The van der Waals surface area contributed by atoms with Crippen LogP contribution in [0.5, 0.6) is 0 Å². The molecule has 20 heavy (non-hydrogen) atoms. The van der Waals surface area contributed by atoms with Crippen molar-refractivity contribution in [1.82, 2.24) is 5.32 Å². The molecule has 2 fully saturated rings. The maximum absolute atomic E-state index is 12.2. The van der Waals surface area contributed by atoms with Crippen molar-refractivity contribution >= 4 is 5.91 Å². The molecule has 3 rings (SSSR count). The molecule has 3 N–H and O–H groups in total. The molecular formula is C16H22N2O2. The zero-order chi connectivity index (χ0) is 13.9. The van der Waals surface area contributed by atoms with Crippen LogP contribution in [0.1, 0.15) is 24.8 Å². The Balaban J connectivity index is 1.53. The number of rotatable bonds is 5. The molecule has 3 atom stereocenters. The number of carbonyl (C=O) groups is 1. The average Bonchev–Trinajstić information content (AvgIpc) is 3.20. The molecule has 1 heterocycles. The van der Waals surface area contributed by atoms with Crippen molar-refractivity contribution in [2.24, 2.45) is 11.7 Å². The largest absolute Gasteiger partial charge is 0.376 e. The predicted molar refractivity (Wildman–Crippen MR) is 77.1 cm³/mol. The van der Waals surface area contributed by atoms with Gasteiger partial charge in [-0.25, -0.2) is 0 Å². The first-order chi connectivity index (χ1) is 9.74. The quantitative estimate of drug-likeness (QED) is 0.849. The number of carbonyl (C=O) groups excluding carboxylic acids is 1. The normalized spacial score (nSPS) is 27.2. The molecule has 0 aromatic heterocycles. The van der Waals surface area contributed by atoms with Crippen LogP contribution in [0.25, 0.3) is 0 Å². The maximum Gasteiger partial charge on any atom is 0.237 e. The van der Waals surface area contributed by atoms with E-state index in [1.165, 1.54) is 12.8 Å². The fraction of sp³-hybridized carbons (Fsp3) is 0.562. The number of hydrogen-bond donors (Lipinski definition) is 2. The molecule has 1 aromatic carbocycles. The lowest BCUT2D eigenvalue weighted by Crippen LogP contribution is -2.49. The first-order valence-electron chi connectivity index (χ1n) is 7.45. The van der Waals surface area contributed by atoms with Gasteiger partial charge >= 0.3 is 0 Å². The molecule has 4 heteroatoms. The Labute approximate surface area is 119 Å². The summed E-state index contributed by atoms with van der Waals surface area (Å²) in [4.78, 5) is 12.2. The number of hydrogen-bond acceptors (Lipinski definition) is 3. The smallest absolute Gasteiger partial charge is 0.237 e. The van der Waals surface area contributed by atoms with Crippen LogP contribution in [0.2, 0.25) is 0 Å². The summed E-state index contributed by atoms with van der Waals surface area (Å²) in [6.07, 6.45) is 4.15. The second kappa shape index (κ2) is 5.94. The van der Waals surface area contributed by atoms with Crippen LogP contribution in [-0.4, -0.2) is 30.7 Å². The summed E-state index contributed by atoms with van der Waals surface area (Å²) in [5.74, 6) is 0.586. The lowest BCUT2D eigenvalue weighted by molar-refractivity contribution is -0.123. The summed E-state index contributed by atoms with van der Waals surface area (Å²) in [5.41, 5.74) is 7.11. The third-order valence-corrected chi connectivity index (χ3v) is 4.19. The van der Waals surface area contributed by atoms with E-state index in [1.54, 1.807) is 0 Å². The fourth-order valence-corrected chi connectivity index (χ4v) is 2.91. The second-order valence-corrected chi connectivity index (χ2v) is 5.87. The standard InChI is InChI=1S/C16H22N2O2/c17-13(10-11-4-2-1-3-5-11)16(19)18-14-8-9-20-15(14)12-6-7-12/h1-5,12-15H,6-10,17H2,(H,18,19). The predicted octanol–water partition coefficient (Wildman–Crippen LogP) is 1.24. The van der Waals surface area contributed by atoms with E-state index in [2.05, 4.69) is 5.32 Å². The first kappa shape index (κ1) is 13.6. The molecule has 1 aliphatic heterocycles. The zero-order valence-corrected chi connectivity index (χ0v) is 11.6. The number of amides is 1. The van der Waals surface area contributed by atoms with Gasteiger partial charge in [0.05, 0.1) is 18.2 Å². The Morgan fingerprint density at radius 3 is 2.75 bits per heavy atom. The van der Waals surface area contributed by atoms with E-state index in [-0.39, 0.29) is 18.1 Å². The number of nitrogens with two attached hydrogens (primary N) is 1. The Kier molecular flexibility index (Phi) is 4.03. The Hall–Kier alpha value is -1.39. The average molecular weight is 274 g/mol. The highest BCUT2D eigenvalue weighted by Gasteiger charge is 2.41. The molecule has 0 bridgehead atoms. The summed E-state index contributed by atoms with van der Waals surface area (Å²) < 4.78 is 5.73. The molecule has 1 amide bonds. The molecule has 1 saturated carbocycles. The van der Waals surface area contributed by atoms with E-state index < -0.39 is 6.04 Å². The number of nitrogens with one attached hydrogen (secondary N) is 1. The van der Waals surface area contributed by atoms with E-state index in [0.717, 1.165) is 18.6 Å². The van der Waals surface area contributed by atoms with E-state index in [0.29, 0.717) is 12.3 Å². The maximum atomic E-state index is 12.2. The van der Waals surface area contributed by atoms with Gasteiger partial charge in [-0.1, -0.05) is 30.3 Å². The van der Waals surface area contributed by atoms with Crippen LogP contribution in [0, 0.1) is 5.92 Å². The van der Waals surface area contributed by atoms with Gasteiger partial charge in [0.25, 0.3) is 0 Å². The minimum absolute atomic E-state index is 0.0602. The lowest BCUT2D eigenvalue weighted by Gasteiger charge is -2.21. The summed E-state index contributed by atoms with van der Waals surface area (Å²) in [7, 11) is 0. The van der Waals surface area contributed by atoms with E-state index in [4.69, 9.17) is 10.5 Å². The molecule has 0 spiro atoms. The molecule has 4 nitrogen and oxygen atoms in total. The van der Waals surface area contributed by atoms with Gasteiger partial charge in [-0.15, -0.1) is 0 Å². The number of ether oxygens (including phenoxy) is 1. The first-order valence-corrected chi connectivity index (χ1v) is 7.45. The third kappa shape index (κ3) is 3.19. The Bertz CT molecular complexity index is 459. The molecule has 1 aliphatic carbocycles. The molecule has 0 radical (unpaired) electrons. The molecule has 1 saturated heterocycles. The van der Waals surface area contributed by atoms with Gasteiger partial charge < -0.3 is 15.8 Å². The van der Waals surface area contributed by atoms with Gasteiger partial charge in [-0.3, -0.25) is 4.79 Å². The van der Waals surface area contributed by atoms with E-state index >= 15 is 0 Å². The Morgan fingerprint density at radius 1 is 1.30 bits per heavy atom. The van der Waals surface area contributed by atoms with E-state index in [1.807, 2.05) is 30.3 Å². The van der Waals surface area contributed by atoms with Crippen molar-refractivity contribution in [3.05, 3.63) is 35.9 Å². The van der Waals surface area contributed by atoms with Crippen LogP contribution < -0.4 is 11.1 Å². The molecular weight excluding hydrogens is 252 g/mol. The fourth-order valence-electron chi connectivity index (χ4n) is 2.91. The van der Waals surface area contributed by atoms with Crippen LogP contribution in [0.15, 0.2) is 30.3 Å². The van der Waals surface area contributed by atoms with Crippen molar-refractivity contribution in [1.29, 1.82) is 0 Å². The van der Waals surface area contributed by atoms with Gasteiger partial charge in [0.1, 0.15) is 0 Å². The van der Waals surface area contributed by atoms with Gasteiger partial charge in [0.2, 0.25) is 5.91 Å². The molecule has 108 valence electrons. The van der Waals surface area contributed by atoms with Crippen LogP contribution >= 0.6 is 0 Å². The van der Waals surface area contributed by atoms with Crippen LogP contribution in [-0.2, 0) is 16.0 Å². The lowest BCUT2D eigenvalue weighted by atomic mass is 10.0. The summed E-state index contributed by atoms with van der Waals surface area (Å²) >= 11 is 0. The second-order valence-electron chi connectivity index (χ2n) is 5.87. The minimum Gasteiger partial charge on any atom is -0.376 e. The highest BCUT2D eigenvalue weighted by atomic mass is 16.5. The highest BCUT2D eigenvalue weighted by Crippen LogP contribution is 2.38. The van der Waals surface area contributed by atoms with Crippen LogP contribution in [0.4, 0.5) is 0 Å².